The second-order valence-corrected chi connectivity index (χ2v) is 10.2. The van der Waals surface area contributed by atoms with Crippen LogP contribution in [0.25, 0.3) is 10.2 Å². The first-order valence-corrected chi connectivity index (χ1v) is 12.7. The number of imidazole rings is 1. The number of carbonyl (C=O) groups excluding carboxylic acids is 1. The first-order valence-electron chi connectivity index (χ1n) is 10.9. The highest BCUT2D eigenvalue weighted by atomic mass is 32.2. The van der Waals surface area contributed by atoms with Crippen molar-refractivity contribution in [3.05, 3.63) is 71.8 Å². The van der Waals surface area contributed by atoms with E-state index in [1.165, 1.54) is 16.0 Å². The standard InChI is InChI=1S/C25H28N4OS2/c1-4-31-21-8-6-20(7-9-21)16-23(30)29(12-5-11-28-13-10-26-17-28)25-27-22-15-18(2)14-19(3)24(22)32-25/h6-10,13-15,17H,4-5,11-12,16H2,1-3H3. The number of nitrogens with zero attached hydrogens (tertiary/aromatic N) is 4. The van der Waals surface area contributed by atoms with Crippen molar-refractivity contribution < 1.29 is 4.79 Å². The lowest BCUT2D eigenvalue weighted by Gasteiger charge is -2.20. The van der Waals surface area contributed by atoms with Crippen molar-refractivity contribution in [3.63, 3.8) is 0 Å². The number of benzene rings is 2. The van der Waals surface area contributed by atoms with Gasteiger partial charge < -0.3 is 4.57 Å². The minimum atomic E-state index is 0.0833. The molecule has 0 spiro atoms. The highest BCUT2D eigenvalue weighted by molar-refractivity contribution is 7.99. The second kappa shape index (κ2) is 10.3. The zero-order valence-corrected chi connectivity index (χ0v) is 20.4. The molecular weight excluding hydrogens is 436 g/mol. The normalized spacial score (nSPS) is 11.2. The molecule has 0 saturated carbocycles. The van der Waals surface area contributed by atoms with Gasteiger partial charge in [-0.05, 0) is 60.9 Å². The molecule has 0 saturated heterocycles. The zero-order chi connectivity index (χ0) is 22.5. The van der Waals surface area contributed by atoms with E-state index in [9.17, 15) is 4.79 Å². The van der Waals surface area contributed by atoms with E-state index < -0.39 is 0 Å². The third-order valence-corrected chi connectivity index (χ3v) is 7.41. The molecule has 166 valence electrons. The Hall–Kier alpha value is -2.64. The Bertz CT molecular complexity index is 1180. The summed E-state index contributed by atoms with van der Waals surface area (Å²) in [6.45, 7) is 7.78. The number of hydrogen-bond donors (Lipinski definition) is 0. The van der Waals surface area contributed by atoms with Crippen LogP contribution in [-0.4, -0.2) is 32.7 Å². The van der Waals surface area contributed by atoms with E-state index in [2.05, 4.69) is 62.2 Å². The minimum absolute atomic E-state index is 0.0833. The maximum absolute atomic E-state index is 13.4. The van der Waals surface area contributed by atoms with Crippen molar-refractivity contribution in [2.45, 2.75) is 45.1 Å². The maximum atomic E-state index is 13.4. The Morgan fingerprint density at radius 2 is 2.00 bits per heavy atom. The molecule has 0 aliphatic heterocycles. The molecule has 5 nitrogen and oxygen atoms in total. The van der Waals surface area contributed by atoms with E-state index in [4.69, 9.17) is 4.98 Å². The third kappa shape index (κ3) is 5.40. The molecule has 2 heterocycles. The molecule has 2 aromatic carbocycles. The summed E-state index contributed by atoms with van der Waals surface area (Å²) in [6, 6.07) is 12.6. The Kier molecular flexibility index (Phi) is 7.27. The van der Waals surface area contributed by atoms with Crippen molar-refractivity contribution in [3.8, 4) is 0 Å². The summed E-state index contributed by atoms with van der Waals surface area (Å²) in [6.07, 6.45) is 6.75. The maximum Gasteiger partial charge on any atom is 0.233 e. The monoisotopic (exact) mass is 464 g/mol. The predicted molar refractivity (Wildman–Crippen MR) is 135 cm³/mol. The number of hydrogen-bond acceptors (Lipinski definition) is 5. The van der Waals surface area contributed by atoms with Gasteiger partial charge in [0, 0.05) is 30.4 Å². The third-order valence-electron chi connectivity index (χ3n) is 5.29. The van der Waals surface area contributed by atoms with E-state index in [0.717, 1.165) is 39.6 Å². The lowest BCUT2D eigenvalue weighted by Crippen LogP contribution is -2.33. The van der Waals surface area contributed by atoms with Crippen molar-refractivity contribution >= 4 is 44.4 Å². The van der Waals surface area contributed by atoms with E-state index in [0.29, 0.717) is 13.0 Å². The Morgan fingerprint density at radius 3 is 2.72 bits per heavy atom. The van der Waals surface area contributed by atoms with Crippen LogP contribution >= 0.6 is 23.1 Å². The number of thioether (sulfide) groups is 1. The summed E-state index contributed by atoms with van der Waals surface area (Å²) in [4.78, 5) is 25.5. The van der Waals surface area contributed by atoms with E-state index in [-0.39, 0.29) is 5.91 Å². The first kappa shape index (κ1) is 22.6. The van der Waals surface area contributed by atoms with Gasteiger partial charge in [0.1, 0.15) is 0 Å². The Morgan fingerprint density at radius 1 is 1.19 bits per heavy atom. The summed E-state index contributed by atoms with van der Waals surface area (Å²) in [5, 5.41) is 0.780. The van der Waals surface area contributed by atoms with Gasteiger partial charge in [-0.1, -0.05) is 36.5 Å². The van der Waals surface area contributed by atoms with Gasteiger partial charge in [0.2, 0.25) is 5.91 Å². The lowest BCUT2D eigenvalue weighted by atomic mass is 10.1. The molecule has 0 atom stereocenters. The molecule has 0 N–H and O–H groups in total. The average molecular weight is 465 g/mol. The van der Waals surface area contributed by atoms with Crippen molar-refractivity contribution in [2.24, 2.45) is 0 Å². The quantitative estimate of drug-likeness (QED) is 0.290. The molecule has 0 radical (unpaired) electrons. The van der Waals surface area contributed by atoms with Gasteiger partial charge >= 0.3 is 0 Å². The van der Waals surface area contributed by atoms with Gasteiger partial charge in [-0.25, -0.2) is 9.97 Å². The van der Waals surface area contributed by atoms with Gasteiger partial charge in [-0.3, -0.25) is 9.69 Å². The fourth-order valence-electron chi connectivity index (χ4n) is 3.78. The van der Waals surface area contributed by atoms with Crippen LogP contribution in [0, 0.1) is 13.8 Å². The summed E-state index contributed by atoms with van der Waals surface area (Å²) < 4.78 is 3.19. The van der Waals surface area contributed by atoms with Gasteiger partial charge in [-0.15, -0.1) is 11.8 Å². The van der Waals surface area contributed by atoms with E-state index in [1.807, 2.05) is 33.8 Å². The fraction of sp³-hybridized carbons (Fsp3) is 0.320. The SMILES string of the molecule is CCSc1ccc(CC(=O)N(CCCn2ccnc2)c2nc3cc(C)cc(C)c3s2)cc1. The lowest BCUT2D eigenvalue weighted by molar-refractivity contribution is -0.118. The average Bonchev–Trinajstić information content (AvgIpc) is 3.42. The van der Waals surface area contributed by atoms with Crippen molar-refractivity contribution in [1.82, 2.24) is 14.5 Å². The molecule has 0 aliphatic rings. The number of anilines is 1. The first-order chi connectivity index (χ1) is 15.5. The van der Waals surface area contributed by atoms with Gasteiger partial charge in [0.15, 0.2) is 5.13 Å². The summed E-state index contributed by atoms with van der Waals surface area (Å²) >= 11 is 3.42. The highest BCUT2D eigenvalue weighted by Gasteiger charge is 2.20. The molecule has 0 bridgehead atoms. The molecular formula is C25H28N4OS2. The van der Waals surface area contributed by atoms with Crippen LogP contribution in [0.4, 0.5) is 5.13 Å². The number of fused-ring (bicyclic) bond motifs is 1. The van der Waals surface area contributed by atoms with Crippen LogP contribution in [-0.2, 0) is 17.8 Å². The van der Waals surface area contributed by atoms with Crippen LogP contribution in [0.2, 0.25) is 0 Å². The van der Waals surface area contributed by atoms with Crippen LogP contribution in [0.15, 0.2) is 60.0 Å². The van der Waals surface area contributed by atoms with E-state index in [1.54, 1.807) is 17.5 Å². The van der Waals surface area contributed by atoms with Gasteiger partial charge in [0.25, 0.3) is 0 Å². The minimum Gasteiger partial charge on any atom is -0.337 e. The van der Waals surface area contributed by atoms with Crippen LogP contribution in [0.1, 0.15) is 30.0 Å². The molecule has 0 fully saturated rings. The Labute approximate surface area is 197 Å². The molecule has 0 unspecified atom stereocenters. The number of aryl methyl sites for hydroxylation is 3. The predicted octanol–water partition coefficient (Wildman–Crippen LogP) is 5.89. The van der Waals surface area contributed by atoms with Crippen LogP contribution in [0.3, 0.4) is 0 Å². The molecule has 7 heteroatoms. The highest BCUT2D eigenvalue weighted by Crippen LogP contribution is 2.32. The molecule has 1 amide bonds. The van der Waals surface area contributed by atoms with Gasteiger partial charge in [-0.2, -0.15) is 0 Å². The molecule has 4 aromatic rings. The second-order valence-electron chi connectivity index (χ2n) is 7.88. The fourth-order valence-corrected chi connectivity index (χ4v) is 5.50. The van der Waals surface area contributed by atoms with Crippen LogP contribution < -0.4 is 4.90 Å². The van der Waals surface area contributed by atoms with Gasteiger partial charge in [0.05, 0.1) is 23.0 Å². The zero-order valence-electron chi connectivity index (χ0n) is 18.7. The largest absolute Gasteiger partial charge is 0.337 e. The van der Waals surface area contributed by atoms with E-state index >= 15 is 0 Å². The summed E-state index contributed by atoms with van der Waals surface area (Å²) in [5.74, 6) is 1.12. The molecule has 0 aliphatic carbocycles. The number of amides is 1. The number of rotatable bonds is 9. The smallest absolute Gasteiger partial charge is 0.233 e. The molecule has 32 heavy (non-hydrogen) atoms. The Balaban J connectivity index is 1.56. The van der Waals surface area contributed by atoms with Crippen molar-refractivity contribution in [2.75, 3.05) is 17.2 Å². The van der Waals surface area contributed by atoms with Crippen LogP contribution in [0.5, 0.6) is 0 Å². The number of carbonyl (C=O) groups is 1. The van der Waals surface area contributed by atoms with Crippen molar-refractivity contribution in [1.29, 1.82) is 0 Å². The molecule has 2 aromatic heterocycles. The topological polar surface area (TPSA) is 51.0 Å². The number of thiazole rings is 1. The molecule has 4 rings (SSSR count). The summed E-state index contributed by atoms with van der Waals surface area (Å²) in [5.41, 5.74) is 4.40. The summed E-state index contributed by atoms with van der Waals surface area (Å²) in [7, 11) is 0. The number of aromatic nitrogens is 3.